The lowest BCUT2D eigenvalue weighted by Gasteiger charge is -2.39. The minimum absolute atomic E-state index is 0.0173. The van der Waals surface area contributed by atoms with Crippen LogP contribution in [0.3, 0.4) is 0 Å². The average Bonchev–Trinajstić information content (AvgIpc) is 3.36. The first-order valence-electron chi connectivity index (χ1n) is 15.7. The standard InChI is InChI=1S/C34H45BFN5O3/c1-34(35,36)23-41-27(7-6-16-37-30-15-10-24(21-32(30)43-4)33(42)39(2)3)22-28-29(8-5-9-31(28)41)38-25-11-13-26(14-12-25)40-17-19-44-20-18-40/h9-10,15,21-22,25-26,37-38H,5,8,11-14,16-20,23H2,1-4H3. The van der Waals surface area contributed by atoms with Crippen LogP contribution < -0.4 is 25.9 Å². The molecule has 44 heavy (non-hydrogen) atoms. The van der Waals surface area contributed by atoms with Crippen molar-refractivity contribution in [3.8, 4) is 17.6 Å². The third-order valence-corrected chi connectivity index (χ3v) is 8.74. The Morgan fingerprint density at radius 3 is 2.64 bits per heavy atom. The van der Waals surface area contributed by atoms with Crippen LogP contribution in [-0.2, 0) is 11.3 Å². The summed E-state index contributed by atoms with van der Waals surface area (Å²) < 4.78 is 27.8. The van der Waals surface area contributed by atoms with E-state index in [2.05, 4.69) is 39.5 Å². The highest BCUT2D eigenvalue weighted by Gasteiger charge is 2.28. The maximum atomic E-state index is 14.8. The quantitative estimate of drug-likeness (QED) is 0.340. The molecule has 8 nitrogen and oxygen atoms in total. The number of nitrogens with zero attached hydrogens (tertiary/aromatic N) is 3. The molecule has 2 aliphatic carbocycles. The van der Waals surface area contributed by atoms with Gasteiger partial charge in [0.1, 0.15) is 13.6 Å². The summed E-state index contributed by atoms with van der Waals surface area (Å²) >= 11 is 0. The average molecular weight is 602 g/mol. The third-order valence-electron chi connectivity index (χ3n) is 8.74. The number of fused-ring (bicyclic) bond motifs is 1. The molecule has 1 saturated carbocycles. The number of carbonyl (C=O) groups is 1. The molecule has 1 amide bonds. The number of rotatable bonds is 9. The van der Waals surface area contributed by atoms with E-state index in [9.17, 15) is 9.18 Å². The number of hydrogen-bond acceptors (Lipinski definition) is 6. The van der Waals surface area contributed by atoms with E-state index in [4.69, 9.17) is 17.3 Å². The number of aromatic nitrogens is 1. The highest BCUT2D eigenvalue weighted by atomic mass is 19.1. The van der Waals surface area contributed by atoms with Crippen molar-refractivity contribution in [1.82, 2.24) is 19.7 Å². The van der Waals surface area contributed by atoms with Crippen LogP contribution in [0.25, 0.3) is 11.8 Å². The van der Waals surface area contributed by atoms with Crippen molar-refractivity contribution in [3.05, 3.63) is 46.1 Å². The second-order valence-electron chi connectivity index (χ2n) is 12.5. The van der Waals surface area contributed by atoms with E-state index in [0.29, 0.717) is 29.9 Å². The van der Waals surface area contributed by atoms with E-state index in [1.165, 1.54) is 30.4 Å². The van der Waals surface area contributed by atoms with Gasteiger partial charge in [-0.25, -0.2) is 0 Å². The van der Waals surface area contributed by atoms with Crippen molar-refractivity contribution >= 4 is 31.2 Å². The second kappa shape index (κ2) is 14.1. The lowest BCUT2D eigenvalue weighted by Crippen LogP contribution is -2.47. The van der Waals surface area contributed by atoms with Gasteiger partial charge in [-0.2, -0.15) is 0 Å². The van der Waals surface area contributed by atoms with Crippen molar-refractivity contribution in [1.29, 1.82) is 0 Å². The monoisotopic (exact) mass is 601 g/mol. The van der Waals surface area contributed by atoms with E-state index in [1.807, 2.05) is 10.6 Å². The summed E-state index contributed by atoms with van der Waals surface area (Å²) in [6.45, 7) is 5.52. The number of nitrogens with one attached hydrogen (secondary N) is 2. The number of alkyl halides is 1. The molecule has 1 aliphatic heterocycles. The Morgan fingerprint density at radius 2 is 1.95 bits per heavy atom. The molecule has 1 unspecified atom stereocenters. The lowest BCUT2D eigenvalue weighted by molar-refractivity contribution is 0.00694. The zero-order chi connectivity index (χ0) is 31.3. The Kier molecular flexibility index (Phi) is 10.3. The van der Waals surface area contributed by atoms with Gasteiger partial charge in [0.15, 0.2) is 0 Å². The van der Waals surface area contributed by atoms with E-state index < -0.39 is 5.57 Å². The third kappa shape index (κ3) is 7.80. The lowest BCUT2D eigenvalue weighted by atomic mass is 9.85. The fourth-order valence-electron chi connectivity index (χ4n) is 6.52. The molecular weight excluding hydrogens is 556 g/mol. The van der Waals surface area contributed by atoms with Crippen molar-refractivity contribution in [2.75, 3.05) is 59.4 Å². The molecule has 1 aromatic carbocycles. The van der Waals surface area contributed by atoms with Gasteiger partial charge in [0.2, 0.25) is 0 Å². The molecular formula is C34H45BFN5O3. The summed E-state index contributed by atoms with van der Waals surface area (Å²) in [5.41, 5.74) is 1.36. The molecule has 0 bridgehead atoms. The summed E-state index contributed by atoms with van der Waals surface area (Å²) in [7, 11) is 10.9. The molecule has 2 radical (unpaired) electrons. The highest BCUT2D eigenvalue weighted by Crippen LogP contribution is 2.27. The van der Waals surface area contributed by atoms with Gasteiger partial charge in [-0.05, 0) is 75.6 Å². The van der Waals surface area contributed by atoms with Gasteiger partial charge < -0.3 is 29.6 Å². The van der Waals surface area contributed by atoms with Crippen molar-refractivity contribution in [2.24, 2.45) is 0 Å². The number of halogens is 1. The number of anilines is 1. The first-order valence-corrected chi connectivity index (χ1v) is 15.7. The van der Waals surface area contributed by atoms with Crippen LogP contribution in [-0.4, -0.2) is 99.8 Å². The summed E-state index contributed by atoms with van der Waals surface area (Å²) in [4.78, 5) is 16.5. The number of methoxy groups -OCH3 is 1. The zero-order valence-electron chi connectivity index (χ0n) is 26.5. The maximum Gasteiger partial charge on any atom is 0.253 e. The van der Waals surface area contributed by atoms with Gasteiger partial charge in [-0.15, -0.1) is 0 Å². The minimum atomic E-state index is -1.88. The van der Waals surface area contributed by atoms with E-state index in [0.717, 1.165) is 73.9 Å². The van der Waals surface area contributed by atoms with Crippen LogP contribution in [0.2, 0.25) is 0 Å². The van der Waals surface area contributed by atoms with Crippen LogP contribution in [0.5, 0.6) is 5.75 Å². The number of benzene rings is 1. The molecule has 1 saturated heterocycles. The topological polar surface area (TPSA) is 71.0 Å². The Balaban J connectivity index is 1.32. The predicted molar refractivity (Wildman–Crippen MR) is 174 cm³/mol. The Bertz CT molecular complexity index is 1510. The number of carbonyl (C=O) groups excluding carboxylic acids is 1. The molecule has 1 aromatic heterocycles. The van der Waals surface area contributed by atoms with Gasteiger partial charge in [0, 0.05) is 67.6 Å². The number of ether oxygens (including phenoxy) is 2. The normalized spacial score (nSPS) is 21.6. The van der Waals surface area contributed by atoms with Gasteiger partial charge in [-0.3, -0.25) is 14.1 Å². The first kappa shape index (κ1) is 32.0. The molecule has 10 heteroatoms. The Labute approximate surface area is 262 Å². The number of morpholine rings is 1. The molecule has 2 N–H and O–H groups in total. The van der Waals surface area contributed by atoms with Crippen LogP contribution in [0, 0.1) is 11.8 Å². The second-order valence-corrected chi connectivity index (χ2v) is 12.5. The largest absolute Gasteiger partial charge is 0.495 e. The Hall–Kier alpha value is -3.42. The zero-order valence-corrected chi connectivity index (χ0v) is 26.5. The molecule has 5 rings (SSSR count). The van der Waals surface area contributed by atoms with Crippen LogP contribution in [0.4, 0.5) is 10.1 Å². The summed E-state index contributed by atoms with van der Waals surface area (Å²) in [5, 5.41) is 9.23. The molecule has 0 spiro atoms. The van der Waals surface area contributed by atoms with Crippen molar-refractivity contribution in [2.45, 2.75) is 69.6 Å². The molecule has 2 heterocycles. The number of hydrogen-bond donors (Lipinski definition) is 2. The van der Waals surface area contributed by atoms with Gasteiger partial charge in [0.25, 0.3) is 5.91 Å². The molecule has 2 aromatic rings. The maximum absolute atomic E-state index is 14.8. The molecule has 234 valence electrons. The minimum Gasteiger partial charge on any atom is -0.495 e. The van der Waals surface area contributed by atoms with E-state index in [-0.39, 0.29) is 12.5 Å². The summed E-state index contributed by atoms with van der Waals surface area (Å²) in [6, 6.07) is 8.46. The highest BCUT2D eigenvalue weighted by molar-refractivity contribution is 6.14. The molecule has 2 fully saturated rings. The van der Waals surface area contributed by atoms with Crippen LogP contribution >= 0.6 is 0 Å². The van der Waals surface area contributed by atoms with Gasteiger partial charge in [-0.1, -0.05) is 12.0 Å². The fraction of sp³-hybridized carbons (Fsp3) is 0.559. The molecule has 1 atom stereocenters. The van der Waals surface area contributed by atoms with E-state index >= 15 is 0 Å². The van der Waals surface area contributed by atoms with E-state index in [1.54, 1.807) is 33.3 Å². The van der Waals surface area contributed by atoms with Crippen molar-refractivity contribution < 1.29 is 18.7 Å². The molecule has 3 aliphatic rings. The summed E-state index contributed by atoms with van der Waals surface area (Å²) in [5.74, 6) is 6.92. The first-order chi connectivity index (χ1) is 21.1. The smallest absolute Gasteiger partial charge is 0.253 e. The van der Waals surface area contributed by atoms with Crippen LogP contribution in [0.15, 0.2) is 24.3 Å². The summed E-state index contributed by atoms with van der Waals surface area (Å²) in [6.07, 6.45) is 8.66. The fourth-order valence-corrected chi connectivity index (χ4v) is 6.52. The van der Waals surface area contributed by atoms with Gasteiger partial charge in [0.05, 0.1) is 43.8 Å². The van der Waals surface area contributed by atoms with Crippen molar-refractivity contribution in [3.63, 3.8) is 0 Å². The SMILES string of the molecule is [B]C(C)(F)Cn1c(C#CCNc2ccc(C(=O)N(C)C)cc2OC)cc2c1=CCCC=2NC1CCC(N2CCOCC2)CC1. The van der Waals surface area contributed by atoms with Gasteiger partial charge >= 0.3 is 0 Å². The predicted octanol–water partition coefficient (Wildman–Crippen LogP) is 2.43. The van der Waals surface area contributed by atoms with Crippen LogP contribution in [0.1, 0.15) is 61.5 Å². The Morgan fingerprint density at radius 1 is 1.20 bits per heavy atom. The number of amides is 1.